The summed E-state index contributed by atoms with van der Waals surface area (Å²) >= 11 is 0. The zero-order chi connectivity index (χ0) is 18.0. The summed E-state index contributed by atoms with van der Waals surface area (Å²) in [6.45, 7) is 4.23. The quantitative estimate of drug-likeness (QED) is 0.684. The molecule has 0 fully saturated rings. The maximum Gasteiger partial charge on any atom is 0.339 e. The van der Waals surface area contributed by atoms with Crippen molar-refractivity contribution in [3.63, 3.8) is 0 Å². The first kappa shape index (κ1) is 16.7. The van der Waals surface area contributed by atoms with Crippen molar-refractivity contribution in [1.82, 2.24) is 9.55 Å². The smallest absolute Gasteiger partial charge is 0.339 e. The van der Waals surface area contributed by atoms with Crippen LogP contribution in [0.5, 0.6) is 0 Å². The van der Waals surface area contributed by atoms with Crippen LogP contribution in [0.15, 0.2) is 52.0 Å². The summed E-state index contributed by atoms with van der Waals surface area (Å²) in [5.41, 5.74) is 3.81. The van der Waals surface area contributed by atoms with Gasteiger partial charge in [0.25, 0.3) is 5.56 Å². The van der Waals surface area contributed by atoms with Gasteiger partial charge in [-0.15, -0.1) is 0 Å². The SMILES string of the molecule is COC(=O)c1ccc(=O)n(Cc2coc(-c3ccc(C)cc3C)n2)c1. The van der Waals surface area contributed by atoms with Crippen LogP contribution in [-0.4, -0.2) is 22.6 Å². The number of aromatic nitrogens is 2. The summed E-state index contributed by atoms with van der Waals surface area (Å²) in [7, 11) is 1.30. The maximum atomic E-state index is 12.0. The van der Waals surface area contributed by atoms with Gasteiger partial charge in [-0.3, -0.25) is 4.79 Å². The molecular formula is C19H18N2O4. The van der Waals surface area contributed by atoms with E-state index in [1.807, 2.05) is 26.0 Å². The predicted octanol–water partition coefficient (Wildman–Crippen LogP) is 2.96. The molecule has 1 aromatic carbocycles. The molecule has 0 saturated carbocycles. The number of hydrogen-bond acceptors (Lipinski definition) is 5. The summed E-state index contributed by atoms with van der Waals surface area (Å²) in [6.07, 6.45) is 2.98. The van der Waals surface area contributed by atoms with Crippen LogP contribution in [0.3, 0.4) is 0 Å². The topological polar surface area (TPSA) is 74.3 Å². The molecule has 0 aliphatic rings. The van der Waals surface area contributed by atoms with Gasteiger partial charge in [-0.2, -0.15) is 0 Å². The zero-order valence-corrected chi connectivity index (χ0v) is 14.3. The van der Waals surface area contributed by atoms with Gasteiger partial charge in [0.15, 0.2) is 0 Å². The molecule has 0 saturated heterocycles. The Bertz CT molecular complexity index is 985. The number of nitrogens with zero attached hydrogens (tertiary/aromatic N) is 2. The molecule has 0 aliphatic heterocycles. The maximum absolute atomic E-state index is 12.0. The number of esters is 1. The van der Waals surface area contributed by atoms with Gasteiger partial charge in [0.2, 0.25) is 5.89 Å². The summed E-state index contributed by atoms with van der Waals surface area (Å²) in [5, 5.41) is 0. The van der Waals surface area contributed by atoms with Crippen molar-refractivity contribution in [3.05, 3.63) is 75.5 Å². The fourth-order valence-electron chi connectivity index (χ4n) is 2.62. The number of hydrogen-bond donors (Lipinski definition) is 0. The molecule has 2 heterocycles. The lowest BCUT2D eigenvalue weighted by atomic mass is 10.1. The lowest BCUT2D eigenvalue weighted by Crippen LogP contribution is -2.21. The van der Waals surface area contributed by atoms with Gasteiger partial charge in [-0.1, -0.05) is 17.7 Å². The number of methoxy groups -OCH3 is 1. The fraction of sp³-hybridized carbons (Fsp3) is 0.211. The fourth-order valence-corrected chi connectivity index (χ4v) is 2.62. The Balaban J connectivity index is 1.89. The van der Waals surface area contributed by atoms with Crippen LogP contribution >= 0.6 is 0 Å². The summed E-state index contributed by atoms with van der Waals surface area (Å²) < 4.78 is 11.6. The number of aryl methyl sites for hydroxylation is 2. The highest BCUT2D eigenvalue weighted by Crippen LogP contribution is 2.23. The average molecular weight is 338 g/mol. The van der Waals surface area contributed by atoms with Crippen LogP contribution in [0.4, 0.5) is 0 Å². The van der Waals surface area contributed by atoms with Crippen molar-refractivity contribution in [2.24, 2.45) is 0 Å². The number of benzene rings is 1. The van der Waals surface area contributed by atoms with E-state index < -0.39 is 5.97 Å². The Labute approximate surface area is 144 Å². The normalized spacial score (nSPS) is 10.7. The zero-order valence-electron chi connectivity index (χ0n) is 14.3. The second-order valence-electron chi connectivity index (χ2n) is 5.84. The molecule has 6 nitrogen and oxygen atoms in total. The van der Waals surface area contributed by atoms with E-state index in [1.165, 1.54) is 41.8 Å². The molecule has 3 aromatic rings. The van der Waals surface area contributed by atoms with Crippen LogP contribution in [0.1, 0.15) is 27.2 Å². The second kappa shape index (κ2) is 6.76. The van der Waals surface area contributed by atoms with Crippen LogP contribution in [-0.2, 0) is 11.3 Å². The summed E-state index contributed by atoms with van der Waals surface area (Å²) in [4.78, 5) is 28.1. The third-order valence-corrected chi connectivity index (χ3v) is 3.90. The van der Waals surface area contributed by atoms with E-state index >= 15 is 0 Å². The minimum Gasteiger partial charge on any atom is -0.465 e. The second-order valence-corrected chi connectivity index (χ2v) is 5.84. The number of carbonyl (C=O) groups excluding carboxylic acids is 1. The number of carbonyl (C=O) groups is 1. The molecule has 128 valence electrons. The number of ether oxygens (including phenoxy) is 1. The molecule has 0 radical (unpaired) electrons. The lowest BCUT2D eigenvalue weighted by molar-refractivity contribution is 0.0599. The van der Waals surface area contributed by atoms with E-state index in [1.54, 1.807) is 0 Å². The highest BCUT2D eigenvalue weighted by atomic mass is 16.5. The van der Waals surface area contributed by atoms with Crippen molar-refractivity contribution >= 4 is 5.97 Å². The van der Waals surface area contributed by atoms with E-state index in [-0.39, 0.29) is 12.1 Å². The molecule has 3 rings (SSSR count). The van der Waals surface area contributed by atoms with Gasteiger partial charge in [0, 0.05) is 17.8 Å². The van der Waals surface area contributed by atoms with E-state index in [2.05, 4.69) is 15.8 Å². The van der Waals surface area contributed by atoms with Gasteiger partial charge in [-0.25, -0.2) is 9.78 Å². The summed E-state index contributed by atoms with van der Waals surface area (Å²) in [5.74, 6) is 0.00884. The first-order chi connectivity index (χ1) is 12.0. The molecule has 0 bridgehead atoms. The first-order valence-corrected chi connectivity index (χ1v) is 7.79. The number of rotatable bonds is 4. The van der Waals surface area contributed by atoms with Crippen LogP contribution in [0.25, 0.3) is 11.5 Å². The van der Waals surface area contributed by atoms with Crippen LogP contribution in [0, 0.1) is 13.8 Å². The molecule has 0 N–H and O–H groups in total. The van der Waals surface area contributed by atoms with E-state index in [0.29, 0.717) is 17.1 Å². The predicted molar refractivity (Wildman–Crippen MR) is 92.6 cm³/mol. The minimum absolute atomic E-state index is 0.206. The van der Waals surface area contributed by atoms with E-state index in [9.17, 15) is 9.59 Å². The molecular weight excluding hydrogens is 320 g/mol. The first-order valence-electron chi connectivity index (χ1n) is 7.79. The van der Waals surface area contributed by atoms with Crippen molar-refractivity contribution in [3.8, 4) is 11.5 Å². The molecule has 0 spiro atoms. The standard InChI is InChI=1S/C19H18N2O4/c1-12-4-6-16(13(2)8-12)18-20-15(11-25-18)10-21-9-14(19(23)24-3)5-7-17(21)22/h4-9,11H,10H2,1-3H3. The lowest BCUT2D eigenvalue weighted by Gasteiger charge is -2.05. The Morgan fingerprint density at radius 3 is 2.76 bits per heavy atom. The number of oxazole rings is 1. The Hall–Kier alpha value is -3.15. The van der Waals surface area contributed by atoms with Crippen molar-refractivity contribution in [2.75, 3.05) is 7.11 Å². The molecule has 0 aliphatic carbocycles. The molecule has 6 heteroatoms. The van der Waals surface area contributed by atoms with Gasteiger partial charge in [0.1, 0.15) is 6.26 Å². The van der Waals surface area contributed by atoms with Crippen molar-refractivity contribution < 1.29 is 13.9 Å². The minimum atomic E-state index is -0.495. The van der Waals surface area contributed by atoms with Crippen molar-refractivity contribution in [2.45, 2.75) is 20.4 Å². The third kappa shape index (κ3) is 3.52. The average Bonchev–Trinajstić information content (AvgIpc) is 3.04. The highest BCUT2D eigenvalue weighted by molar-refractivity contribution is 5.88. The van der Waals surface area contributed by atoms with Crippen LogP contribution in [0.2, 0.25) is 0 Å². The monoisotopic (exact) mass is 338 g/mol. The van der Waals surface area contributed by atoms with Gasteiger partial charge < -0.3 is 13.7 Å². The van der Waals surface area contributed by atoms with Gasteiger partial charge >= 0.3 is 5.97 Å². The largest absolute Gasteiger partial charge is 0.465 e. The highest BCUT2D eigenvalue weighted by Gasteiger charge is 2.12. The molecule has 0 amide bonds. The molecule has 2 aromatic heterocycles. The van der Waals surface area contributed by atoms with Gasteiger partial charge in [-0.05, 0) is 31.5 Å². The molecule has 0 unspecified atom stereocenters. The van der Waals surface area contributed by atoms with Crippen LogP contribution < -0.4 is 5.56 Å². The Morgan fingerprint density at radius 2 is 2.04 bits per heavy atom. The molecule has 0 atom stereocenters. The van der Waals surface area contributed by atoms with E-state index in [0.717, 1.165) is 11.1 Å². The Kier molecular flexibility index (Phi) is 4.52. The van der Waals surface area contributed by atoms with Gasteiger partial charge in [0.05, 0.1) is 24.9 Å². The third-order valence-electron chi connectivity index (χ3n) is 3.90. The Morgan fingerprint density at radius 1 is 1.24 bits per heavy atom. The number of pyridine rings is 1. The van der Waals surface area contributed by atoms with E-state index in [4.69, 9.17) is 4.42 Å². The molecule has 25 heavy (non-hydrogen) atoms. The van der Waals surface area contributed by atoms with Crippen molar-refractivity contribution in [1.29, 1.82) is 0 Å². The summed E-state index contributed by atoms with van der Waals surface area (Å²) in [6, 6.07) is 8.79.